The van der Waals surface area contributed by atoms with E-state index in [0.717, 1.165) is 18.1 Å². The summed E-state index contributed by atoms with van der Waals surface area (Å²) in [6.07, 6.45) is 0. The van der Waals surface area contributed by atoms with Gasteiger partial charge in [-0.2, -0.15) is 5.10 Å². The zero-order valence-corrected chi connectivity index (χ0v) is 13.3. The second kappa shape index (κ2) is 5.67. The molecule has 1 aromatic heterocycles. The molecule has 20 heavy (non-hydrogen) atoms. The summed E-state index contributed by atoms with van der Waals surface area (Å²) in [5.74, 6) is 1.14. The van der Waals surface area contributed by atoms with Crippen molar-refractivity contribution in [1.29, 1.82) is 0 Å². The number of aryl methyl sites for hydroxylation is 4. The van der Waals surface area contributed by atoms with Crippen molar-refractivity contribution in [2.45, 2.75) is 27.3 Å². The first-order valence-corrected chi connectivity index (χ1v) is 6.93. The molecule has 0 aliphatic heterocycles. The van der Waals surface area contributed by atoms with Gasteiger partial charge in [-0.05, 0) is 51.1 Å². The maximum atomic E-state index is 4.56. The van der Waals surface area contributed by atoms with Gasteiger partial charge in [-0.1, -0.05) is 6.07 Å². The zero-order valence-electron chi connectivity index (χ0n) is 13.3. The average Bonchev–Trinajstić information content (AvgIpc) is 2.63. The van der Waals surface area contributed by atoms with Crippen LogP contribution >= 0.6 is 0 Å². The fourth-order valence-corrected chi connectivity index (χ4v) is 2.76. The number of aromatic nitrogens is 2. The summed E-state index contributed by atoms with van der Waals surface area (Å²) in [5, 5.41) is 7.78. The fourth-order valence-electron chi connectivity index (χ4n) is 2.76. The van der Waals surface area contributed by atoms with Gasteiger partial charge in [0.15, 0.2) is 0 Å². The number of rotatable bonds is 4. The molecule has 4 heteroatoms. The van der Waals surface area contributed by atoms with Crippen molar-refractivity contribution in [3.63, 3.8) is 0 Å². The summed E-state index contributed by atoms with van der Waals surface area (Å²) in [7, 11) is 6.07. The first kappa shape index (κ1) is 14.6. The van der Waals surface area contributed by atoms with Crippen molar-refractivity contribution in [2.24, 2.45) is 7.05 Å². The third-order valence-corrected chi connectivity index (χ3v) is 3.58. The van der Waals surface area contributed by atoms with E-state index in [1.165, 1.54) is 22.4 Å². The summed E-state index contributed by atoms with van der Waals surface area (Å²) < 4.78 is 1.96. The molecule has 2 rings (SSSR count). The van der Waals surface area contributed by atoms with Gasteiger partial charge in [0, 0.05) is 31.9 Å². The van der Waals surface area contributed by atoms with Crippen LogP contribution in [0.4, 0.5) is 11.5 Å². The Labute approximate surface area is 121 Å². The molecule has 4 nitrogen and oxygen atoms in total. The quantitative estimate of drug-likeness (QED) is 0.929. The molecule has 0 amide bonds. The normalized spacial score (nSPS) is 10.9. The van der Waals surface area contributed by atoms with E-state index in [2.05, 4.69) is 61.3 Å². The molecule has 0 bridgehead atoms. The second-order valence-corrected chi connectivity index (χ2v) is 5.45. The number of hydrogen-bond acceptors (Lipinski definition) is 3. The van der Waals surface area contributed by atoms with Gasteiger partial charge in [-0.25, -0.2) is 0 Å². The number of anilines is 2. The third kappa shape index (κ3) is 2.70. The van der Waals surface area contributed by atoms with Crippen LogP contribution in [0.5, 0.6) is 0 Å². The summed E-state index contributed by atoms with van der Waals surface area (Å²) in [5.41, 5.74) is 6.08. The highest BCUT2D eigenvalue weighted by Gasteiger charge is 2.17. The van der Waals surface area contributed by atoms with Gasteiger partial charge in [0.2, 0.25) is 0 Å². The van der Waals surface area contributed by atoms with Crippen LogP contribution in [0.1, 0.15) is 22.4 Å². The lowest BCUT2D eigenvalue weighted by molar-refractivity contribution is 0.749. The molecule has 1 aromatic carbocycles. The lowest BCUT2D eigenvalue weighted by atomic mass is 10.1. The van der Waals surface area contributed by atoms with Crippen molar-refractivity contribution in [3.05, 3.63) is 40.6 Å². The Balaban J connectivity index is 2.49. The topological polar surface area (TPSA) is 33.1 Å². The molecule has 0 fully saturated rings. The molecule has 1 N–H and O–H groups in total. The number of nitrogens with zero attached hydrogens (tertiary/aromatic N) is 3. The van der Waals surface area contributed by atoms with Gasteiger partial charge < -0.3 is 10.2 Å². The van der Waals surface area contributed by atoms with E-state index >= 15 is 0 Å². The van der Waals surface area contributed by atoms with Gasteiger partial charge >= 0.3 is 0 Å². The van der Waals surface area contributed by atoms with E-state index in [1.807, 2.05) is 18.8 Å². The van der Waals surface area contributed by atoms with E-state index in [0.29, 0.717) is 0 Å². The van der Waals surface area contributed by atoms with E-state index in [9.17, 15) is 0 Å². The molecule has 0 unspecified atom stereocenters. The van der Waals surface area contributed by atoms with Crippen molar-refractivity contribution in [3.8, 4) is 0 Å². The second-order valence-electron chi connectivity index (χ2n) is 5.45. The van der Waals surface area contributed by atoms with Gasteiger partial charge in [0.1, 0.15) is 5.82 Å². The zero-order chi connectivity index (χ0) is 14.9. The molecule has 0 saturated heterocycles. The summed E-state index contributed by atoms with van der Waals surface area (Å²) in [6.45, 7) is 7.15. The molecule has 0 saturated carbocycles. The Hall–Kier alpha value is -1.81. The van der Waals surface area contributed by atoms with E-state index < -0.39 is 0 Å². The molecule has 0 aliphatic rings. The number of benzene rings is 1. The Morgan fingerprint density at radius 2 is 1.75 bits per heavy atom. The Morgan fingerprint density at radius 1 is 1.15 bits per heavy atom. The maximum absolute atomic E-state index is 4.56. The van der Waals surface area contributed by atoms with Crippen LogP contribution in [0.25, 0.3) is 0 Å². The minimum absolute atomic E-state index is 0.824. The van der Waals surface area contributed by atoms with Crippen LogP contribution in [0.3, 0.4) is 0 Å². The monoisotopic (exact) mass is 272 g/mol. The lowest BCUT2D eigenvalue weighted by Crippen LogP contribution is -2.17. The molecule has 1 heterocycles. The minimum atomic E-state index is 0.824. The Bertz CT molecular complexity index is 593. The van der Waals surface area contributed by atoms with Crippen LogP contribution in [-0.4, -0.2) is 23.9 Å². The molecule has 108 valence electrons. The van der Waals surface area contributed by atoms with Crippen LogP contribution in [0, 0.1) is 20.8 Å². The summed E-state index contributed by atoms with van der Waals surface area (Å²) in [4.78, 5) is 2.21. The molecule has 0 atom stereocenters. The Morgan fingerprint density at radius 3 is 2.30 bits per heavy atom. The van der Waals surface area contributed by atoms with E-state index in [-0.39, 0.29) is 0 Å². The first-order valence-electron chi connectivity index (χ1n) is 6.93. The van der Waals surface area contributed by atoms with Crippen LogP contribution in [0.2, 0.25) is 0 Å². The molecular weight excluding hydrogens is 248 g/mol. The molecular formula is C16H24N4. The molecule has 0 spiro atoms. The van der Waals surface area contributed by atoms with Gasteiger partial charge in [0.05, 0.1) is 5.69 Å². The fraction of sp³-hybridized carbons (Fsp3) is 0.438. The molecule has 2 aromatic rings. The SMILES string of the molecule is CNCc1c(C)nn(C)c1N(C)c1cc(C)cc(C)c1. The van der Waals surface area contributed by atoms with Crippen molar-refractivity contribution in [1.82, 2.24) is 15.1 Å². The highest BCUT2D eigenvalue weighted by Crippen LogP contribution is 2.29. The largest absolute Gasteiger partial charge is 0.329 e. The maximum Gasteiger partial charge on any atom is 0.135 e. The minimum Gasteiger partial charge on any atom is -0.329 e. The van der Waals surface area contributed by atoms with Crippen LogP contribution in [-0.2, 0) is 13.6 Å². The first-order chi connectivity index (χ1) is 9.43. The third-order valence-electron chi connectivity index (χ3n) is 3.58. The number of hydrogen-bond donors (Lipinski definition) is 1. The van der Waals surface area contributed by atoms with E-state index in [1.54, 1.807) is 0 Å². The van der Waals surface area contributed by atoms with Gasteiger partial charge in [-0.15, -0.1) is 0 Å². The highest BCUT2D eigenvalue weighted by molar-refractivity contribution is 5.64. The van der Waals surface area contributed by atoms with Crippen LogP contribution < -0.4 is 10.2 Å². The van der Waals surface area contributed by atoms with Gasteiger partial charge in [-0.3, -0.25) is 4.68 Å². The van der Waals surface area contributed by atoms with Gasteiger partial charge in [0.25, 0.3) is 0 Å². The van der Waals surface area contributed by atoms with Crippen molar-refractivity contribution in [2.75, 3.05) is 19.0 Å². The number of nitrogens with one attached hydrogen (secondary N) is 1. The smallest absolute Gasteiger partial charge is 0.135 e. The van der Waals surface area contributed by atoms with Crippen molar-refractivity contribution >= 4 is 11.5 Å². The molecule has 0 radical (unpaired) electrons. The van der Waals surface area contributed by atoms with E-state index in [4.69, 9.17) is 0 Å². The molecule has 0 aliphatic carbocycles. The lowest BCUT2D eigenvalue weighted by Gasteiger charge is -2.22. The predicted molar refractivity (Wildman–Crippen MR) is 84.7 cm³/mol. The Kier molecular flexibility index (Phi) is 4.14. The predicted octanol–water partition coefficient (Wildman–Crippen LogP) is 2.83. The standard InChI is InChI=1S/C16H24N4/c1-11-7-12(2)9-14(8-11)19(5)16-15(10-17-4)13(3)18-20(16)6/h7-9,17H,10H2,1-6H3. The highest BCUT2D eigenvalue weighted by atomic mass is 15.4. The summed E-state index contributed by atoms with van der Waals surface area (Å²) in [6, 6.07) is 6.61. The van der Waals surface area contributed by atoms with Crippen molar-refractivity contribution < 1.29 is 0 Å². The summed E-state index contributed by atoms with van der Waals surface area (Å²) >= 11 is 0. The van der Waals surface area contributed by atoms with Crippen LogP contribution in [0.15, 0.2) is 18.2 Å². The average molecular weight is 272 g/mol.